The predicted molar refractivity (Wildman–Crippen MR) is 74.5 cm³/mol. The van der Waals surface area contributed by atoms with E-state index in [1.807, 2.05) is 19.1 Å². The number of nitrogens with one attached hydrogen (secondary N) is 1. The van der Waals surface area contributed by atoms with Crippen LogP contribution in [0.1, 0.15) is 25.3 Å². The number of nitrogen functional groups attached to an aromatic ring is 1. The van der Waals surface area contributed by atoms with Crippen LogP contribution >= 0.6 is 0 Å². The Bertz CT molecular complexity index is 445. The lowest BCUT2D eigenvalue weighted by Gasteiger charge is -2.20. The summed E-state index contributed by atoms with van der Waals surface area (Å²) in [7, 11) is 0. The van der Waals surface area contributed by atoms with Gasteiger partial charge in [-0.2, -0.15) is 0 Å². The molecule has 4 nitrogen and oxygen atoms in total. The topological polar surface area (TPSA) is 58.4 Å². The van der Waals surface area contributed by atoms with Crippen LogP contribution in [0.5, 0.6) is 0 Å². The minimum Gasteiger partial charge on any atom is -0.399 e. The molecule has 1 aliphatic rings. The van der Waals surface area contributed by atoms with Gasteiger partial charge in [0.2, 0.25) is 5.91 Å². The number of amides is 1. The second kappa shape index (κ2) is 5.40. The number of hydrogen-bond acceptors (Lipinski definition) is 3. The van der Waals surface area contributed by atoms with Crippen molar-refractivity contribution in [2.45, 2.75) is 32.7 Å². The molecular weight excluding hydrogens is 226 g/mol. The summed E-state index contributed by atoms with van der Waals surface area (Å²) in [5.41, 5.74) is 8.25. The molecule has 4 heteroatoms. The summed E-state index contributed by atoms with van der Waals surface area (Å²) >= 11 is 0. The number of nitrogens with zero attached hydrogens (tertiary/aromatic N) is 1. The third-order valence-corrected chi connectivity index (χ3v) is 3.57. The highest BCUT2D eigenvalue weighted by Gasteiger charge is 2.22. The van der Waals surface area contributed by atoms with Crippen molar-refractivity contribution in [1.82, 2.24) is 4.90 Å². The zero-order valence-electron chi connectivity index (χ0n) is 11.1. The number of carbonyl (C=O) groups excluding carboxylic acids is 1. The summed E-state index contributed by atoms with van der Waals surface area (Å²) in [4.78, 5) is 14.2. The fourth-order valence-electron chi connectivity index (χ4n) is 2.38. The number of carbonyl (C=O) groups is 1. The number of likely N-dealkylation sites (tertiary alicyclic amines) is 1. The van der Waals surface area contributed by atoms with Crippen LogP contribution < -0.4 is 11.1 Å². The van der Waals surface area contributed by atoms with Crippen LogP contribution in [0.2, 0.25) is 0 Å². The molecule has 1 unspecified atom stereocenters. The Morgan fingerprint density at radius 1 is 1.56 bits per heavy atom. The van der Waals surface area contributed by atoms with Crippen molar-refractivity contribution in [3.05, 3.63) is 23.8 Å². The van der Waals surface area contributed by atoms with Crippen molar-refractivity contribution in [2.75, 3.05) is 24.1 Å². The van der Waals surface area contributed by atoms with Crippen molar-refractivity contribution in [1.29, 1.82) is 0 Å². The van der Waals surface area contributed by atoms with Crippen LogP contribution in [0, 0.1) is 6.92 Å². The van der Waals surface area contributed by atoms with Crippen LogP contribution in [-0.2, 0) is 4.79 Å². The molecule has 1 amide bonds. The Morgan fingerprint density at radius 3 is 3.00 bits per heavy atom. The third kappa shape index (κ3) is 3.01. The monoisotopic (exact) mass is 247 g/mol. The summed E-state index contributed by atoms with van der Waals surface area (Å²) in [5, 5.41) is 2.94. The van der Waals surface area contributed by atoms with E-state index in [0.29, 0.717) is 18.3 Å². The van der Waals surface area contributed by atoms with Crippen molar-refractivity contribution in [2.24, 2.45) is 0 Å². The molecule has 2 rings (SSSR count). The molecule has 1 atom stereocenters. The van der Waals surface area contributed by atoms with Gasteiger partial charge < -0.3 is 11.1 Å². The predicted octanol–water partition coefficient (Wildman–Crippen LogP) is 2.00. The van der Waals surface area contributed by atoms with Crippen LogP contribution in [-0.4, -0.2) is 29.9 Å². The number of nitrogens with two attached hydrogens (primary N) is 1. The summed E-state index contributed by atoms with van der Waals surface area (Å²) in [5.74, 6) is 0.0393. The van der Waals surface area contributed by atoms with Crippen LogP contribution in [0.4, 0.5) is 11.4 Å². The van der Waals surface area contributed by atoms with Gasteiger partial charge in [-0.25, -0.2) is 0 Å². The highest BCUT2D eigenvalue weighted by molar-refractivity contribution is 5.93. The van der Waals surface area contributed by atoms with Gasteiger partial charge in [-0.05, 0) is 50.9 Å². The van der Waals surface area contributed by atoms with Crippen LogP contribution in [0.3, 0.4) is 0 Å². The third-order valence-electron chi connectivity index (χ3n) is 3.57. The quantitative estimate of drug-likeness (QED) is 0.803. The van der Waals surface area contributed by atoms with Crippen LogP contribution in [0.15, 0.2) is 18.2 Å². The molecule has 3 N–H and O–H groups in total. The Kier molecular flexibility index (Phi) is 3.87. The average molecular weight is 247 g/mol. The van der Waals surface area contributed by atoms with E-state index in [4.69, 9.17) is 5.73 Å². The lowest BCUT2D eigenvalue weighted by atomic mass is 10.2. The largest absolute Gasteiger partial charge is 0.399 e. The van der Waals surface area contributed by atoms with Gasteiger partial charge >= 0.3 is 0 Å². The Hall–Kier alpha value is -1.55. The molecule has 1 aromatic rings. The lowest BCUT2D eigenvalue weighted by Crippen LogP contribution is -2.35. The van der Waals surface area contributed by atoms with E-state index in [1.165, 1.54) is 12.8 Å². The van der Waals surface area contributed by atoms with Gasteiger partial charge in [-0.15, -0.1) is 0 Å². The molecule has 18 heavy (non-hydrogen) atoms. The number of rotatable bonds is 3. The molecule has 0 spiro atoms. The summed E-state index contributed by atoms with van der Waals surface area (Å²) in [6.07, 6.45) is 2.37. The highest BCUT2D eigenvalue weighted by atomic mass is 16.2. The molecule has 1 aromatic carbocycles. The standard InChI is InChI=1S/C14H21N3O/c1-10-5-6-12(15)8-13(10)16-14(18)9-17-7-3-4-11(17)2/h5-6,8,11H,3-4,7,9,15H2,1-2H3,(H,16,18). The van der Waals surface area contributed by atoms with Crippen molar-refractivity contribution in [3.63, 3.8) is 0 Å². The van der Waals surface area contributed by atoms with Gasteiger partial charge in [0, 0.05) is 17.4 Å². The van der Waals surface area contributed by atoms with E-state index in [1.54, 1.807) is 6.07 Å². The molecule has 0 bridgehead atoms. The first-order valence-corrected chi connectivity index (χ1v) is 6.46. The minimum absolute atomic E-state index is 0.0393. The first-order chi connectivity index (χ1) is 8.56. The van der Waals surface area contributed by atoms with Gasteiger partial charge in [0.05, 0.1) is 6.54 Å². The second-order valence-corrected chi connectivity index (χ2v) is 5.08. The lowest BCUT2D eigenvalue weighted by molar-refractivity contribution is -0.117. The maximum atomic E-state index is 12.0. The molecule has 0 radical (unpaired) electrons. The maximum Gasteiger partial charge on any atom is 0.238 e. The molecule has 1 heterocycles. The van der Waals surface area contributed by atoms with E-state index in [9.17, 15) is 4.79 Å². The first kappa shape index (κ1) is 12.9. The number of hydrogen-bond donors (Lipinski definition) is 2. The number of aryl methyl sites for hydroxylation is 1. The van der Waals surface area contributed by atoms with Gasteiger partial charge in [-0.3, -0.25) is 9.69 Å². The fourth-order valence-corrected chi connectivity index (χ4v) is 2.38. The first-order valence-electron chi connectivity index (χ1n) is 6.46. The minimum atomic E-state index is 0.0393. The SMILES string of the molecule is Cc1ccc(N)cc1NC(=O)CN1CCCC1C. The molecule has 1 aliphatic heterocycles. The van der Waals surface area contributed by atoms with Gasteiger partial charge in [0.25, 0.3) is 0 Å². The summed E-state index contributed by atoms with van der Waals surface area (Å²) in [6.45, 7) is 5.62. The van der Waals surface area contributed by atoms with E-state index < -0.39 is 0 Å². The normalized spacial score (nSPS) is 20.0. The highest BCUT2D eigenvalue weighted by Crippen LogP contribution is 2.19. The smallest absolute Gasteiger partial charge is 0.238 e. The van der Waals surface area contributed by atoms with Crippen LogP contribution in [0.25, 0.3) is 0 Å². The fraction of sp³-hybridized carbons (Fsp3) is 0.500. The Balaban J connectivity index is 1.96. The molecule has 0 saturated carbocycles. The van der Waals surface area contributed by atoms with E-state index in [-0.39, 0.29) is 5.91 Å². The molecule has 1 saturated heterocycles. The van der Waals surface area contributed by atoms with E-state index >= 15 is 0 Å². The van der Waals surface area contributed by atoms with E-state index in [0.717, 1.165) is 17.8 Å². The Morgan fingerprint density at radius 2 is 2.33 bits per heavy atom. The zero-order valence-corrected chi connectivity index (χ0v) is 11.1. The maximum absolute atomic E-state index is 12.0. The summed E-state index contributed by atoms with van der Waals surface area (Å²) in [6, 6.07) is 6.08. The van der Waals surface area contributed by atoms with Crippen molar-refractivity contribution < 1.29 is 4.79 Å². The van der Waals surface area contributed by atoms with Gasteiger partial charge in [-0.1, -0.05) is 6.07 Å². The second-order valence-electron chi connectivity index (χ2n) is 5.08. The van der Waals surface area contributed by atoms with Gasteiger partial charge in [0.15, 0.2) is 0 Å². The zero-order chi connectivity index (χ0) is 13.1. The van der Waals surface area contributed by atoms with Crippen molar-refractivity contribution in [3.8, 4) is 0 Å². The molecule has 1 fully saturated rings. The number of anilines is 2. The van der Waals surface area contributed by atoms with E-state index in [2.05, 4.69) is 17.1 Å². The number of benzene rings is 1. The molecular formula is C14H21N3O. The van der Waals surface area contributed by atoms with Crippen molar-refractivity contribution >= 4 is 17.3 Å². The Labute approximate surface area is 108 Å². The average Bonchev–Trinajstić information content (AvgIpc) is 2.70. The molecule has 98 valence electrons. The molecule has 0 aromatic heterocycles. The summed E-state index contributed by atoms with van der Waals surface area (Å²) < 4.78 is 0. The molecule has 0 aliphatic carbocycles. The van der Waals surface area contributed by atoms with Gasteiger partial charge in [0.1, 0.15) is 0 Å².